The monoisotopic (exact) mass is 480 g/mol. The first-order valence-corrected chi connectivity index (χ1v) is 12.8. The van der Waals surface area contributed by atoms with Gasteiger partial charge in [0, 0.05) is 29.0 Å². The minimum Gasteiger partial charge on any atom is -0.496 e. The molecule has 4 rings (SSSR count). The maximum Gasteiger partial charge on any atom is 0.265 e. The number of fused-ring (bicyclic) bond motifs is 3. The first-order valence-electron chi connectivity index (χ1n) is 9.15. The van der Waals surface area contributed by atoms with Crippen molar-refractivity contribution in [1.29, 1.82) is 0 Å². The average Bonchev–Trinajstić information content (AvgIpc) is 3.30. The van der Waals surface area contributed by atoms with E-state index in [0.717, 1.165) is 36.6 Å². The summed E-state index contributed by atoms with van der Waals surface area (Å²) in [6.45, 7) is 0.460. The third-order valence-corrected chi connectivity index (χ3v) is 7.87. The van der Waals surface area contributed by atoms with Gasteiger partial charge in [0.1, 0.15) is 15.1 Å². The van der Waals surface area contributed by atoms with Gasteiger partial charge in [-0.3, -0.25) is 4.55 Å². The number of hydrogen-bond acceptors (Lipinski definition) is 5. The molecule has 0 saturated heterocycles. The van der Waals surface area contributed by atoms with Gasteiger partial charge in [0.2, 0.25) is 5.52 Å². The number of aromatic nitrogens is 1. The molecule has 0 bridgehead atoms. The molecule has 0 radical (unpaired) electrons. The molecule has 156 valence electrons. The van der Waals surface area contributed by atoms with Crippen molar-refractivity contribution in [3.05, 3.63) is 57.4 Å². The Bertz CT molecular complexity index is 1360. The number of thiazole rings is 1. The second-order valence-electron chi connectivity index (χ2n) is 6.68. The number of nitrogens with zero attached hydrogens (tertiary/aromatic N) is 1. The molecule has 2 aromatic heterocycles. The Hall–Kier alpha value is -1.97. The number of thiophene rings is 1. The van der Waals surface area contributed by atoms with Crippen molar-refractivity contribution in [1.82, 2.24) is 0 Å². The second kappa shape index (κ2) is 8.64. The first-order chi connectivity index (χ1) is 14.4. The molecule has 0 unspecified atom stereocenters. The van der Waals surface area contributed by atoms with Crippen LogP contribution in [-0.4, -0.2) is 25.8 Å². The summed E-state index contributed by atoms with van der Waals surface area (Å²) in [6.07, 6.45) is 4.25. The van der Waals surface area contributed by atoms with Crippen LogP contribution in [0.2, 0.25) is 5.02 Å². The maximum atomic E-state index is 11.2. The predicted octanol–water partition coefficient (Wildman–Crippen LogP) is 5.51. The molecule has 1 N–H and O–H groups in total. The molecular formula is C21H19ClNO4S3+. The van der Waals surface area contributed by atoms with E-state index < -0.39 is 10.1 Å². The molecular weight excluding hydrogens is 462 g/mol. The summed E-state index contributed by atoms with van der Waals surface area (Å²) in [5.41, 5.74) is 1.94. The second-order valence-corrected chi connectivity index (χ2v) is 10.6. The fourth-order valence-corrected chi connectivity index (χ4v) is 6.22. The molecule has 30 heavy (non-hydrogen) atoms. The van der Waals surface area contributed by atoms with Crippen molar-refractivity contribution in [2.75, 3.05) is 12.9 Å². The van der Waals surface area contributed by atoms with Crippen molar-refractivity contribution < 1.29 is 22.3 Å². The van der Waals surface area contributed by atoms with Crippen molar-refractivity contribution in [2.24, 2.45) is 0 Å². The Kier molecular flexibility index (Phi) is 6.13. The molecule has 2 heterocycles. The van der Waals surface area contributed by atoms with Crippen LogP contribution in [0.4, 0.5) is 0 Å². The van der Waals surface area contributed by atoms with Crippen LogP contribution >= 0.6 is 34.3 Å². The lowest BCUT2D eigenvalue weighted by Crippen LogP contribution is -2.36. The predicted molar refractivity (Wildman–Crippen MR) is 125 cm³/mol. The van der Waals surface area contributed by atoms with Gasteiger partial charge in [-0.05, 0) is 29.2 Å². The van der Waals surface area contributed by atoms with E-state index in [2.05, 4.69) is 4.57 Å². The van der Waals surface area contributed by atoms with Gasteiger partial charge in [-0.1, -0.05) is 41.1 Å². The van der Waals surface area contributed by atoms with Crippen molar-refractivity contribution in [3.8, 4) is 5.75 Å². The summed E-state index contributed by atoms with van der Waals surface area (Å²) in [7, 11) is -2.35. The molecule has 0 amide bonds. The number of hydrogen-bond donors (Lipinski definition) is 1. The van der Waals surface area contributed by atoms with Crippen molar-refractivity contribution in [2.45, 2.75) is 13.0 Å². The fourth-order valence-electron chi connectivity index (χ4n) is 3.37. The summed E-state index contributed by atoms with van der Waals surface area (Å²) in [5.74, 6) is 0.529. The molecule has 2 aromatic carbocycles. The number of rotatable bonds is 7. The minimum absolute atomic E-state index is 0.283. The molecule has 0 saturated carbocycles. The molecule has 9 heteroatoms. The SMILES string of the molecule is COc1cc2sc(/C=C/c3ccccc3Cl)[n+](CCCS(=O)(=O)O)c2c2sccc12. The van der Waals surface area contributed by atoms with Gasteiger partial charge in [0.25, 0.3) is 15.1 Å². The van der Waals surface area contributed by atoms with Crippen molar-refractivity contribution >= 4 is 76.8 Å². The van der Waals surface area contributed by atoms with Crippen LogP contribution in [0.5, 0.6) is 5.75 Å². The van der Waals surface area contributed by atoms with Crippen molar-refractivity contribution in [3.63, 3.8) is 0 Å². The molecule has 0 spiro atoms. The van der Waals surface area contributed by atoms with E-state index in [1.54, 1.807) is 29.8 Å². The van der Waals surface area contributed by atoms with Crippen LogP contribution in [0.15, 0.2) is 41.8 Å². The van der Waals surface area contributed by atoms with Gasteiger partial charge >= 0.3 is 0 Å². The standard InChI is InChI=1S/C21H18ClNO4S3/c1-27-17-13-18-20(21-15(17)9-11-28-21)23(10-4-12-30(24,25)26)19(29-18)8-7-14-5-2-3-6-16(14)22/h2-3,5-9,11,13H,4,10,12H2,1H3/p+1/b8-7+. The molecule has 0 aliphatic rings. The topological polar surface area (TPSA) is 67.5 Å². The number of methoxy groups -OCH3 is 1. The lowest BCUT2D eigenvalue weighted by atomic mass is 10.2. The summed E-state index contributed by atoms with van der Waals surface area (Å²) in [6, 6.07) is 11.6. The van der Waals surface area contributed by atoms with Gasteiger partial charge < -0.3 is 4.74 Å². The van der Waals surface area contributed by atoms with Gasteiger partial charge in [-0.15, -0.1) is 11.3 Å². The van der Waals surface area contributed by atoms with E-state index in [-0.39, 0.29) is 5.75 Å². The fraction of sp³-hybridized carbons (Fsp3) is 0.190. The summed E-state index contributed by atoms with van der Waals surface area (Å²) >= 11 is 9.51. The summed E-state index contributed by atoms with van der Waals surface area (Å²) in [5, 5.41) is 4.67. The molecule has 4 aromatic rings. The van der Waals surface area contributed by atoms with E-state index in [0.29, 0.717) is 18.0 Å². The normalized spacial score (nSPS) is 12.4. The highest BCUT2D eigenvalue weighted by molar-refractivity contribution is 7.85. The highest BCUT2D eigenvalue weighted by Gasteiger charge is 2.24. The number of halogens is 1. The molecule has 0 aliphatic heterocycles. The van der Waals surface area contributed by atoms with Gasteiger partial charge in [-0.2, -0.15) is 13.0 Å². The maximum absolute atomic E-state index is 11.2. The van der Waals surface area contributed by atoms with Crippen LogP contribution in [0.25, 0.3) is 32.5 Å². The number of ether oxygens (including phenoxy) is 1. The Balaban J connectivity index is 1.85. The Morgan fingerprint density at radius 3 is 2.77 bits per heavy atom. The smallest absolute Gasteiger partial charge is 0.265 e. The highest BCUT2D eigenvalue weighted by atomic mass is 35.5. The zero-order valence-corrected chi connectivity index (χ0v) is 19.2. The Morgan fingerprint density at radius 2 is 2.03 bits per heavy atom. The van der Waals surface area contributed by atoms with Crippen LogP contribution in [0.3, 0.4) is 0 Å². The van der Waals surface area contributed by atoms with Gasteiger partial charge in [-0.25, -0.2) is 0 Å². The Morgan fingerprint density at radius 1 is 1.23 bits per heavy atom. The average molecular weight is 481 g/mol. The quantitative estimate of drug-likeness (QED) is 0.279. The first kappa shape index (κ1) is 21.3. The summed E-state index contributed by atoms with van der Waals surface area (Å²) < 4.78 is 41.4. The van der Waals surface area contributed by atoms with Crippen LogP contribution in [0.1, 0.15) is 17.0 Å². The zero-order valence-electron chi connectivity index (χ0n) is 16.0. The van der Waals surface area contributed by atoms with E-state index >= 15 is 0 Å². The molecule has 0 aliphatic carbocycles. The third kappa shape index (κ3) is 4.38. The van der Waals surface area contributed by atoms with Crippen LogP contribution in [0, 0.1) is 0 Å². The van der Waals surface area contributed by atoms with Gasteiger partial charge in [0.15, 0.2) is 6.54 Å². The number of aryl methyl sites for hydroxylation is 1. The largest absolute Gasteiger partial charge is 0.496 e. The molecule has 0 atom stereocenters. The van der Waals surface area contributed by atoms with E-state index in [1.165, 1.54) is 0 Å². The van der Waals surface area contributed by atoms with Crippen LogP contribution < -0.4 is 9.30 Å². The van der Waals surface area contributed by atoms with E-state index in [4.69, 9.17) is 20.9 Å². The highest BCUT2D eigenvalue weighted by Crippen LogP contribution is 2.38. The van der Waals surface area contributed by atoms with Gasteiger partial charge in [0.05, 0.1) is 12.9 Å². The number of benzene rings is 2. The third-order valence-electron chi connectivity index (χ3n) is 4.71. The lowest BCUT2D eigenvalue weighted by Gasteiger charge is -2.02. The molecule has 0 fully saturated rings. The van der Waals surface area contributed by atoms with Crippen LogP contribution in [-0.2, 0) is 16.7 Å². The Labute approximate surface area is 187 Å². The van der Waals surface area contributed by atoms with E-state index in [1.807, 2.05) is 53.9 Å². The minimum atomic E-state index is -4.01. The summed E-state index contributed by atoms with van der Waals surface area (Å²) in [4.78, 5) is 0. The van der Waals surface area contributed by atoms with E-state index in [9.17, 15) is 8.42 Å². The lowest BCUT2D eigenvalue weighted by molar-refractivity contribution is -0.667. The zero-order chi connectivity index (χ0) is 21.3. The molecule has 5 nitrogen and oxygen atoms in total.